The average molecular weight is 328 g/mol. The molecule has 5 nitrogen and oxygen atoms in total. The molecule has 0 aliphatic carbocycles. The van der Waals surface area contributed by atoms with Crippen LogP contribution in [0.2, 0.25) is 0 Å². The molecule has 0 fully saturated rings. The zero-order valence-corrected chi connectivity index (χ0v) is 12.5. The van der Waals surface area contributed by atoms with E-state index < -0.39 is 24.3 Å². The number of esters is 1. The number of nitrogen functional groups attached to an aromatic ring is 1. The van der Waals surface area contributed by atoms with Gasteiger partial charge in [-0.25, -0.2) is 4.98 Å². The molecule has 0 amide bonds. The molecular weight excluding hydrogens is 313 g/mol. The molecule has 0 saturated heterocycles. The number of carbonyl (C=O) groups excluding carboxylic acids is 1. The Kier molecular flexibility index (Phi) is 4.63. The maximum atomic E-state index is 13.4. The molecule has 2 aromatic rings. The van der Waals surface area contributed by atoms with Crippen molar-refractivity contribution in [1.29, 1.82) is 0 Å². The molecule has 23 heavy (non-hydrogen) atoms. The van der Waals surface area contributed by atoms with Crippen molar-refractivity contribution in [2.24, 2.45) is 0 Å². The lowest BCUT2D eigenvalue weighted by atomic mass is 10.0. The summed E-state index contributed by atoms with van der Waals surface area (Å²) in [6.07, 6.45) is -5.33. The minimum Gasteiger partial charge on any atom is -0.493 e. The van der Waals surface area contributed by atoms with Crippen LogP contribution in [0.5, 0.6) is 5.75 Å². The summed E-state index contributed by atoms with van der Waals surface area (Å²) in [6.45, 7) is 1.77. The molecule has 1 aromatic carbocycles. The van der Waals surface area contributed by atoms with Crippen LogP contribution in [0.4, 0.5) is 18.9 Å². The normalized spacial score (nSPS) is 11.5. The van der Waals surface area contributed by atoms with Crippen molar-refractivity contribution in [1.82, 2.24) is 4.98 Å². The number of nitrogens with two attached hydrogens (primary N) is 1. The minimum absolute atomic E-state index is 0.0322. The lowest BCUT2D eigenvalue weighted by Gasteiger charge is -2.18. The number of ether oxygens (including phenoxy) is 2. The summed E-state index contributed by atoms with van der Waals surface area (Å²) >= 11 is 0. The number of carbonyl (C=O) groups is 1. The first-order chi connectivity index (χ1) is 10.8. The average Bonchev–Trinajstić information content (AvgIpc) is 2.47. The van der Waals surface area contributed by atoms with Gasteiger partial charge in [0.25, 0.3) is 0 Å². The SMILES string of the molecule is CCOc1c(CC(=O)OC)c(C(F)(F)F)nc2cc(N)ccc12. The molecule has 0 aliphatic heterocycles. The largest absolute Gasteiger partial charge is 0.493 e. The van der Waals surface area contributed by atoms with Crippen molar-refractivity contribution >= 4 is 22.6 Å². The number of hydrogen-bond donors (Lipinski definition) is 1. The molecular formula is C15H15F3N2O3. The summed E-state index contributed by atoms with van der Waals surface area (Å²) in [5.74, 6) is -0.844. The van der Waals surface area contributed by atoms with E-state index in [1.54, 1.807) is 6.92 Å². The third-order valence-corrected chi connectivity index (χ3v) is 3.16. The summed E-state index contributed by atoms with van der Waals surface area (Å²) in [5.41, 5.74) is 4.42. The number of nitrogens with zero attached hydrogens (tertiary/aromatic N) is 1. The first kappa shape index (κ1) is 16.9. The van der Waals surface area contributed by atoms with Gasteiger partial charge in [0.15, 0.2) is 5.69 Å². The first-order valence-corrected chi connectivity index (χ1v) is 6.76. The van der Waals surface area contributed by atoms with Gasteiger partial charge < -0.3 is 15.2 Å². The zero-order chi connectivity index (χ0) is 17.2. The number of fused-ring (bicyclic) bond motifs is 1. The van der Waals surface area contributed by atoms with Crippen molar-refractivity contribution in [3.8, 4) is 5.75 Å². The Morgan fingerprint density at radius 3 is 2.61 bits per heavy atom. The fourth-order valence-electron chi connectivity index (χ4n) is 2.22. The van der Waals surface area contributed by atoms with Crippen LogP contribution in [0.3, 0.4) is 0 Å². The molecule has 2 N–H and O–H groups in total. The smallest absolute Gasteiger partial charge is 0.433 e. The van der Waals surface area contributed by atoms with E-state index in [0.717, 1.165) is 7.11 Å². The fraction of sp³-hybridized carbons (Fsp3) is 0.333. The highest BCUT2D eigenvalue weighted by Gasteiger charge is 2.38. The van der Waals surface area contributed by atoms with E-state index in [0.29, 0.717) is 5.39 Å². The fourth-order valence-corrected chi connectivity index (χ4v) is 2.22. The second kappa shape index (κ2) is 6.31. The van der Waals surface area contributed by atoms with Crippen LogP contribution in [-0.4, -0.2) is 24.7 Å². The lowest BCUT2D eigenvalue weighted by molar-refractivity contribution is -0.143. The van der Waals surface area contributed by atoms with Gasteiger partial charge in [-0.15, -0.1) is 0 Å². The van der Waals surface area contributed by atoms with E-state index in [-0.39, 0.29) is 29.1 Å². The lowest BCUT2D eigenvalue weighted by Crippen LogP contribution is -2.17. The van der Waals surface area contributed by atoms with Gasteiger partial charge in [-0.05, 0) is 25.1 Å². The molecule has 0 saturated carbocycles. The summed E-state index contributed by atoms with van der Waals surface area (Å²) in [5, 5.41) is 0.355. The maximum absolute atomic E-state index is 13.4. The Morgan fingerprint density at radius 1 is 1.35 bits per heavy atom. The van der Waals surface area contributed by atoms with Gasteiger partial charge >= 0.3 is 12.1 Å². The Morgan fingerprint density at radius 2 is 2.04 bits per heavy atom. The van der Waals surface area contributed by atoms with Crippen LogP contribution >= 0.6 is 0 Å². The number of methoxy groups -OCH3 is 1. The number of benzene rings is 1. The van der Waals surface area contributed by atoms with E-state index >= 15 is 0 Å². The van der Waals surface area contributed by atoms with Crippen molar-refractivity contribution in [3.05, 3.63) is 29.5 Å². The van der Waals surface area contributed by atoms with E-state index in [1.807, 2.05) is 0 Å². The molecule has 1 aromatic heterocycles. The molecule has 2 rings (SSSR count). The third kappa shape index (κ3) is 3.46. The molecule has 0 radical (unpaired) electrons. The van der Waals surface area contributed by atoms with Crippen LogP contribution in [0, 0.1) is 0 Å². The number of rotatable bonds is 4. The van der Waals surface area contributed by atoms with Crippen molar-refractivity contribution in [2.45, 2.75) is 19.5 Å². The zero-order valence-electron chi connectivity index (χ0n) is 12.5. The highest BCUT2D eigenvalue weighted by molar-refractivity contribution is 5.90. The summed E-state index contributed by atoms with van der Waals surface area (Å²) < 4.78 is 49.9. The Balaban J connectivity index is 2.82. The summed E-state index contributed by atoms with van der Waals surface area (Å²) in [4.78, 5) is 15.2. The van der Waals surface area contributed by atoms with Crippen molar-refractivity contribution in [2.75, 3.05) is 19.5 Å². The van der Waals surface area contributed by atoms with Gasteiger partial charge in [0.05, 0.1) is 25.7 Å². The predicted molar refractivity (Wildman–Crippen MR) is 78.0 cm³/mol. The highest BCUT2D eigenvalue weighted by Crippen LogP contribution is 2.39. The number of aromatic nitrogens is 1. The number of pyridine rings is 1. The number of hydrogen-bond acceptors (Lipinski definition) is 5. The van der Waals surface area contributed by atoms with E-state index in [9.17, 15) is 18.0 Å². The van der Waals surface area contributed by atoms with E-state index in [2.05, 4.69) is 9.72 Å². The molecule has 0 atom stereocenters. The van der Waals surface area contributed by atoms with Crippen LogP contribution in [0.1, 0.15) is 18.2 Å². The predicted octanol–water partition coefficient (Wildman–Crippen LogP) is 2.95. The van der Waals surface area contributed by atoms with Gasteiger partial charge in [0, 0.05) is 16.6 Å². The molecule has 0 spiro atoms. The molecule has 0 aliphatic rings. The highest BCUT2D eigenvalue weighted by atomic mass is 19.4. The molecule has 8 heteroatoms. The number of anilines is 1. The second-order valence-electron chi connectivity index (χ2n) is 4.73. The standard InChI is InChI=1S/C15H15F3N2O3/c1-3-23-13-9-5-4-8(19)6-11(9)20-14(15(16,17)18)10(13)7-12(21)22-2/h4-6H,3,7,19H2,1-2H3. The van der Waals surface area contributed by atoms with Crippen LogP contribution in [0.25, 0.3) is 10.9 Å². The third-order valence-electron chi connectivity index (χ3n) is 3.16. The monoisotopic (exact) mass is 328 g/mol. The quantitative estimate of drug-likeness (QED) is 0.690. The van der Waals surface area contributed by atoms with Crippen LogP contribution in [-0.2, 0) is 22.1 Å². The van der Waals surface area contributed by atoms with Gasteiger partial charge in [-0.2, -0.15) is 13.2 Å². The van der Waals surface area contributed by atoms with Crippen LogP contribution in [0.15, 0.2) is 18.2 Å². The molecule has 0 unspecified atom stereocenters. The van der Waals surface area contributed by atoms with Gasteiger partial charge in [0.1, 0.15) is 5.75 Å². The summed E-state index contributed by atoms with van der Waals surface area (Å²) in [6, 6.07) is 4.38. The molecule has 1 heterocycles. The minimum atomic E-state index is -4.74. The van der Waals surface area contributed by atoms with Crippen LogP contribution < -0.4 is 10.5 Å². The molecule has 0 bridgehead atoms. The Labute approximate surface area is 130 Å². The first-order valence-electron chi connectivity index (χ1n) is 6.76. The second-order valence-corrected chi connectivity index (χ2v) is 4.73. The number of halogens is 3. The Hall–Kier alpha value is -2.51. The van der Waals surface area contributed by atoms with E-state index in [4.69, 9.17) is 10.5 Å². The van der Waals surface area contributed by atoms with E-state index in [1.165, 1.54) is 18.2 Å². The number of alkyl halides is 3. The molecule has 124 valence electrons. The van der Waals surface area contributed by atoms with Gasteiger partial charge in [-0.1, -0.05) is 0 Å². The Bertz CT molecular complexity index is 745. The van der Waals surface area contributed by atoms with Gasteiger partial charge in [-0.3, -0.25) is 4.79 Å². The summed E-state index contributed by atoms with van der Waals surface area (Å²) in [7, 11) is 1.10. The van der Waals surface area contributed by atoms with Crippen molar-refractivity contribution in [3.63, 3.8) is 0 Å². The van der Waals surface area contributed by atoms with Gasteiger partial charge in [0.2, 0.25) is 0 Å². The topological polar surface area (TPSA) is 74.4 Å². The maximum Gasteiger partial charge on any atom is 0.433 e. The van der Waals surface area contributed by atoms with Crippen molar-refractivity contribution < 1.29 is 27.4 Å².